The van der Waals surface area contributed by atoms with Gasteiger partial charge in [0.15, 0.2) is 23.1 Å². The molecule has 4 aromatic rings. The number of carbonyl (C=O) groups is 1. The highest BCUT2D eigenvalue weighted by Gasteiger charge is 2.23. The molecule has 4 aromatic heterocycles. The van der Waals surface area contributed by atoms with E-state index in [-0.39, 0.29) is 11.3 Å². The number of aryl methyl sites for hydroxylation is 1. The van der Waals surface area contributed by atoms with Gasteiger partial charge in [-0.2, -0.15) is 0 Å². The van der Waals surface area contributed by atoms with Crippen molar-refractivity contribution in [1.82, 2.24) is 15.0 Å². The molecule has 28 heavy (non-hydrogen) atoms. The van der Waals surface area contributed by atoms with E-state index in [1.54, 1.807) is 19.1 Å². The van der Waals surface area contributed by atoms with Crippen LogP contribution in [0.15, 0.2) is 49.0 Å². The average molecular weight is 413 g/mol. The standard InChI is InChI=1S/C19H15N3O4S2/c1-9-13(10(2)23)19(22-17(20-9)12-5-4-7-26-12)28-16-14(25-3)15-11(6-8-27-15)21-18(16)24/h4-8H,1-3H3,(H,21,24). The van der Waals surface area contributed by atoms with Gasteiger partial charge in [0.2, 0.25) is 0 Å². The summed E-state index contributed by atoms with van der Waals surface area (Å²) in [6.07, 6.45) is 1.53. The molecule has 0 aliphatic carbocycles. The lowest BCUT2D eigenvalue weighted by molar-refractivity contribution is 0.101. The Hall–Kier alpha value is -2.91. The van der Waals surface area contributed by atoms with Gasteiger partial charge in [-0.25, -0.2) is 9.97 Å². The third-order valence-corrected chi connectivity index (χ3v) is 6.06. The number of furan rings is 1. The van der Waals surface area contributed by atoms with Crippen LogP contribution in [0.25, 0.3) is 21.8 Å². The Morgan fingerprint density at radius 1 is 1.32 bits per heavy atom. The van der Waals surface area contributed by atoms with Crippen molar-refractivity contribution in [3.05, 3.63) is 51.5 Å². The number of ether oxygens (including phenoxy) is 1. The molecule has 0 radical (unpaired) electrons. The summed E-state index contributed by atoms with van der Waals surface area (Å²) in [6.45, 7) is 3.19. The molecule has 1 N–H and O–H groups in total. The normalized spacial score (nSPS) is 11.1. The molecule has 0 bridgehead atoms. The number of ketones is 1. The fourth-order valence-electron chi connectivity index (χ4n) is 2.89. The lowest BCUT2D eigenvalue weighted by atomic mass is 10.2. The Morgan fingerprint density at radius 2 is 2.14 bits per heavy atom. The van der Waals surface area contributed by atoms with Gasteiger partial charge in [0, 0.05) is 0 Å². The smallest absolute Gasteiger partial charge is 0.266 e. The van der Waals surface area contributed by atoms with Gasteiger partial charge in [0.05, 0.1) is 34.8 Å². The Bertz CT molecular complexity index is 1240. The number of Topliss-reactive ketones (excluding diaryl/α,β-unsaturated/α-hetero) is 1. The molecule has 0 aromatic carbocycles. The summed E-state index contributed by atoms with van der Waals surface area (Å²) in [6, 6.07) is 5.29. The molecule has 9 heteroatoms. The molecule has 0 saturated carbocycles. The van der Waals surface area contributed by atoms with E-state index in [0.29, 0.717) is 44.0 Å². The zero-order valence-electron chi connectivity index (χ0n) is 15.2. The van der Waals surface area contributed by atoms with Gasteiger partial charge in [-0.15, -0.1) is 11.3 Å². The molecule has 0 fully saturated rings. The Kier molecular flexibility index (Phi) is 4.78. The Balaban J connectivity index is 1.92. The van der Waals surface area contributed by atoms with Crippen LogP contribution in [0.1, 0.15) is 23.0 Å². The van der Waals surface area contributed by atoms with Crippen molar-refractivity contribution in [1.29, 1.82) is 0 Å². The zero-order chi connectivity index (χ0) is 19.8. The minimum absolute atomic E-state index is 0.182. The number of pyridine rings is 1. The van der Waals surface area contributed by atoms with Crippen LogP contribution in [0, 0.1) is 6.92 Å². The molecule has 7 nitrogen and oxygen atoms in total. The van der Waals surface area contributed by atoms with Crippen LogP contribution >= 0.6 is 23.1 Å². The third kappa shape index (κ3) is 3.12. The molecule has 142 valence electrons. The quantitative estimate of drug-likeness (QED) is 0.384. The van der Waals surface area contributed by atoms with Crippen molar-refractivity contribution in [2.75, 3.05) is 7.11 Å². The van der Waals surface area contributed by atoms with Crippen LogP contribution in [0.2, 0.25) is 0 Å². The van der Waals surface area contributed by atoms with E-state index < -0.39 is 0 Å². The first kappa shape index (κ1) is 18.5. The SMILES string of the molecule is COc1c(Sc2nc(-c3ccco3)nc(C)c2C(C)=O)c(=O)[nH]c2ccsc12. The van der Waals surface area contributed by atoms with E-state index in [0.717, 1.165) is 16.5 Å². The molecule has 0 saturated heterocycles. The Morgan fingerprint density at radius 3 is 2.82 bits per heavy atom. The van der Waals surface area contributed by atoms with E-state index in [1.807, 2.05) is 11.4 Å². The zero-order valence-corrected chi connectivity index (χ0v) is 16.9. The fourth-order valence-corrected chi connectivity index (χ4v) is 4.97. The maximum absolute atomic E-state index is 12.7. The fraction of sp³-hybridized carbons (Fsp3) is 0.158. The summed E-state index contributed by atoms with van der Waals surface area (Å²) < 4.78 is 11.7. The second-order valence-electron chi connectivity index (χ2n) is 5.93. The topological polar surface area (TPSA) is 98.1 Å². The molecule has 4 rings (SSSR count). The van der Waals surface area contributed by atoms with Crippen molar-refractivity contribution in [3.63, 3.8) is 0 Å². The average Bonchev–Trinajstić information content (AvgIpc) is 3.33. The summed E-state index contributed by atoms with van der Waals surface area (Å²) in [7, 11) is 1.52. The number of rotatable bonds is 5. The number of nitrogens with one attached hydrogen (secondary N) is 1. The summed E-state index contributed by atoms with van der Waals surface area (Å²) in [5.41, 5.74) is 1.29. The van der Waals surface area contributed by atoms with Crippen molar-refractivity contribution >= 4 is 39.1 Å². The third-order valence-electron chi connectivity index (χ3n) is 4.09. The first-order valence-electron chi connectivity index (χ1n) is 8.28. The molecule has 0 spiro atoms. The van der Waals surface area contributed by atoms with Gasteiger partial charge in [-0.3, -0.25) is 9.59 Å². The molecule has 0 aliphatic heterocycles. The van der Waals surface area contributed by atoms with Crippen LogP contribution in [0.4, 0.5) is 0 Å². The number of aromatic nitrogens is 3. The molecule has 0 aliphatic rings. The minimum atomic E-state index is -0.307. The molecule has 0 atom stereocenters. The summed E-state index contributed by atoms with van der Waals surface area (Å²) in [5, 5.41) is 2.26. The first-order chi connectivity index (χ1) is 13.5. The van der Waals surface area contributed by atoms with Gasteiger partial charge in [-0.05, 0) is 37.4 Å². The molecule has 4 heterocycles. The maximum Gasteiger partial charge on any atom is 0.266 e. The van der Waals surface area contributed by atoms with Crippen molar-refractivity contribution < 1.29 is 13.9 Å². The summed E-state index contributed by atoms with van der Waals surface area (Å²) >= 11 is 2.55. The first-order valence-corrected chi connectivity index (χ1v) is 9.98. The second-order valence-corrected chi connectivity index (χ2v) is 7.84. The molecular weight excluding hydrogens is 398 g/mol. The van der Waals surface area contributed by atoms with Gasteiger partial charge < -0.3 is 14.1 Å². The highest BCUT2D eigenvalue weighted by Crippen LogP contribution is 2.39. The van der Waals surface area contributed by atoms with E-state index >= 15 is 0 Å². The number of fused-ring (bicyclic) bond motifs is 1. The molecule has 0 unspecified atom stereocenters. The number of hydrogen-bond donors (Lipinski definition) is 1. The van der Waals surface area contributed by atoms with Crippen molar-refractivity contribution in [2.24, 2.45) is 0 Å². The minimum Gasteiger partial charge on any atom is -0.494 e. The van der Waals surface area contributed by atoms with E-state index in [1.165, 1.54) is 31.6 Å². The number of hydrogen-bond acceptors (Lipinski definition) is 8. The van der Waals surface area contributed by atoms with Crippen LogP contribution in [0.5, 0.6) is 5.75 Å². The summed E-state index contributed by atoms with van der Waals surface area (Å²) in [4.78, 5) is 37.0. The number of aromatic amines is 1. The Labute approximate surface area is 167 Å². The predicted octanol–water partition coefficient (Wildman–Crippen LogP) is 4.31. The van der Waals surface area contributed by atoms with Gasteiger partial charge in [-0.1, -0.05) is 11.8 Å². The van der Waals surface area contributed by atoms with Crippen LogP contribution in [0.3, 0.4) is 0 Å². The summed E-state index contributed by atoms with van der Waals surface area (Å²) in [5.74, 6) is 1.11. The predicted molar refractivity (Wildman–Crippen MR) is 108 cm³/mol. The monoisotopic (exact) mass is 413 g/mol. The van der Waals surface area contributed by atoms with Crippen LogP contribution < -0.4 is 10.3 Å². The number of methoxy groups -OCH3 is 1. The van der Waals surface area contributed by atoms with Crippen LogP contribution in [-0.4, -0.2) is 27.8 Å². The largest absolute Gasteiger partial charge is 0.494 e. The number of thiophene rings is 1. The maximum atomic E-state index is 12.7. The van der Waals surface area contributed by atoms with Gasteiger partial charge in [0.25, 0.3) is 5.56 Å². The highest BCUT2D eigenvalue weighted by molar-refractivity contribution is 7.99. The highest BCUT2D eigenvalue weighted by atomic mass is 32.2. The number of carbonyl (C=O) groups excluding carboxylic acids is 1. The van der Waals surface area contributed by atoms with Crippen LogP contribution in [-0.2, 0) is 0 Å². The molecular formula is C19H15N3O4S2. The lowest BCUT2D eigenvalue weighted by Crippen LogP contribution is -2.11. The second kappa shape index (κ2) is 7.25. The van der Waals surface area contributed by atoms with E-state index in [4.69, 9.17) is 9.15 Å². The number of nitrogens with zero attached hydrogens (tertiary/aromatic N) is 2. The van der Waals surface area contributed by atoms with E-state index in [2.05, 4.69) is 15.0 Å². The number of H-pyrrole nitrogens is 1. The molecule has 0 amide bonds. The van der Waals surface area contributed by atoms with E-state index in [9.17, 15) is 9.59 Å². The van der Waals surface area contributed by atoms with Gasteiger partial charge >= 0.3 is 0 Å². The van der Waals surface area contributed by atoms with Crippen molar-refractivity contribution in [3.8, 4) is 17.3 Å². The van der Waals surface area contributed by atoms with Gasteiger partial charge in [0.1, 0.15) is 9.92 Å². The van der Waals surface area contributed by atoms with Crippen molar-refractivity contribution in [2.45, 2.75) is 23.8 Å². The lowest BCUT2D eigenvalue weighted by Gasteiger charge is -2.12.